The van der Waals surface area contributed by atoms with Crippen molar-refractivity contribution in [2.45, 2.75) is 13.5 Å². The van der Waals surface area contributed by atoms with E-state index in [2.05, 4.69) is 15.9 Å². The minimum absolute atomic E-state index is 0.0171. The predicted octanol–water partition coefficient (Wildman–Crippen LogP) is 4.06. The summed E-state index contributed by atoms with van der Waals surface area (Å²) in [5.41, 5.74) is 1.92. The van der Waals surface area contributed by atoms with Gasteiger partial charge in [0.2, 0.25) is 0 Å². The average Bonchev–Trinajstić information content (AvgIpc) is 2.46. The monoisotopic (exact) mass is 349 g/mol. The SMILES string of the molecule is Cc1cccc(C=O)c1OCc1cccc([N+](=O)[O-])c1Br. The van der Waals surface area contributed by atoms with E-state index in [1.54, 1.807) is 24.3 Å². The minimum Gasteiger partial charge on any atom is -0.488 e. The van der Waals surface area contributed by atoms with Crippen molar-refractivity contribution in [3.05, 3.63) is 67.7 Å². The second-order valence-electron chi connectivity index (χ2n) is 4.41. The van der Waals surface area contributed by atoms with Crippen LogP contribution in [0.25, 0.3) is 0 Å². The Bertz CT molecular complexity index is 700. The van der Waals surface area contributed by atoms with Crippen LogP contribution in [0.2, 0.25) is 0 Å². The van der Waals surface area contributed by atoms with Gasteiger partial charge < -0.3 is 4.74 Å². The highest BCUT2D eigenvalue weighted by atomic mass is 79.9. The lowest BCUT2D eigenvalue weighted by Gasteiger charge is -2.12. The Morgan fingerprint density at radius 1 is 1.29 bits per heavy atom. The largest absolute Gasteiger partial charge is 0.488 e. The van der Waals surface area contributed by atoms with Crippen LogP contribution < -0.4 is 4.74 Å². The Morgan fingerprint density at radius 3 is 2.67 bits per heavy atom. The molecule has 2 aromatic carbocycles. The van der Waals surface area contributed by atoms with Crippen LogP contribution in [-0.4, -0.2) is 11.2 Å². The maximum atomic E-state index is 11.0. The van der Waals surface area contributed by atoms with Crippen LogP contribution in [0.3, 0.4) is 0 Å². The highest BCUT2D eigenvalue weighted by molar-refractivity contribution is 9.10. The molecule has 2 aromatic rings. The molecule has 0 heterocycles. The summed E-state index contributed by atoms with van der Waals surface area (Å²) in [4.78, 5) is 21.5. The number of benzene rings is 2. The summed E-state index contributed by atoms with van der Waals surface area (Å²) < 4.78 is 6.06. The molecule has 0 atom stereocenters. The Balaban J connectivity index is 2.27. The lowest BCUT2D eigenvalue weighted by Crippen LogP contribution is -2.02. The molecule has 0 spiro atoms. The van der Waals surface area contributed by atoms with Gasteiger partial charge in [0.25, 0.3) is 5.69 Å². The van der Waals surface area contributed by atoms with Crippen molar-refractivity contribution in [3.63, 3.8) is 0 Å². The van der Waals surface area contributed by atoms with Gasteiger partial charge in [-0.2, -0.15) is 0 Å². The summed E-state index contributed by atoms with van der Waals surface area (Å²) in [6.45, 7) is 1.97. The number of hydrogen-bond acceptors (Lipinski definition) is 4. The zero-order valence-corrected chi connectivity index (χ0v) is 12.8. The van der Waals surface area contributed by atoms with Gasteiger partial charge in [0.05, 0.1) is 10.5 Å². The molecule has 21 heavy (non-hydrogen) atoms. The van der Waals surface area contributed by atoms with E-state index in [0.29, 0.717) is 21.3 Å². The fraction of sp³-hybridized carbons (Fsp3) is 0.133. The second kappa shape index (κ2) is 6.49. The van der Waals surface area contributed by atoms with E-state index in [4.69, 9.17) is 4.74 Å². The summed E-state index contributed by atoms with van der Waals surface area (Å²) in [6, 6.07) is 10.0. The van der Waals surface area contributed by atoms with Crippen molar-refractivity contribution in [2.24, 2.45) is 0 Å². The number of ether oxygens (including phenoxy) is 1. The van der Waals surface area contributed by atoms with Gasteiger partial charge in [-0.05, 0) is 34.5 Å². The van der Waals surface area contributed by atoms with Crippen LogP contribution in [0, 0.1) is 17.0 Å². The molecule has 6 heteroatoms. The summed E-state index contributed by atoms with van der Waals surface area (Å²) >= 11 is 3.22. The van der Waals surface area contributed by atoms with E-state index >= 15 is 0 Å². The van der Waals surface area contributed by atoms with Gasteiger partial charge >= 0.3 is 0 Å². The standard InChI is InChI=1S/C15H12BrNO4/c1-10-4-2-5-11(8-18)15(10)21-9-12-6-3-7-13(14(12)16)17(19)20/h2-8H,9H2,1H3. The van der Waals surface area contributed by atoms with Crippen LogP contribution in [0.15, 0.2) is 40.9 Å². The average molecular weight is 350 g/mol. The number of halogens is 1. The molecule has 5 nitrogen and oxygen atoms in total. The van der Waals surface area contributed by atoms with Gasteiger partial charge in [-0.1, -0.05) is 24.3 Å². The number of rotatable bonds is 5. The first-order valence-electron chi connectivity index (χ1n) is 6.14. The first-order chi connectivity index (χ1) is 10.0. The first-order valence-corrected chi connectivity index (χ1v) is 6.93. The Hall–Kier alpha value is -2.21. The molecule has 0 aromatic heterocycles. The van der Waals surface area contributed by atoms with Crippen LogP contribution in [0.4, 0.5) is 5.69 Å². The van der Waals surface area contributed by atoms with Gasteiger partial charge in [0, 0.05) is 11.6 Å². The third-order valence-electron chi connectivity index (χ3n) is 3.00. The quantitative estimate of drug-likeness (QED) is 0.463. The van der Waals surface area contributed by atoms with E-state index in [1.165, 1.54) is 6.07 Å². The van der Waals surface area contributed by atoms with E-state index in [1.807, 2.05) is 13.0 Å². The lowest BCUT2D eigenvalue weighted by molar-refractivity contribution is -0.385. The number of hydrogen-bond donors (Lipinski definition) is 0. The molecule has 0 aliphatic carbocycles. The van der Waals surface area contributed by atoms with Crippen molar-refractivity contribution < 1.29 is 14.5 Å². The maximum absolute atomic E-state index is 11.0. The van der Waals surface area contributed by atoms with E-state index < -0.39 is 4.92 Å². The number of aryl methyl sites for hydroxylation is 1. The van der Waals surface area contributed by atoms with E-state index in [0.717, 1.165) is 11.8 Å². The van der Waals surface area contributed by atoms with Crippen LogP contribution >= 0.6 is 15.9 Å². The molecule has 0 unspecified atom stereocenters. The van der Waals surface area contributed by atoms with E-state index in [-0.39, 0.29) is 12.3 Å². The number of para-hydroxylation sites is 1. The number of nitro benzene ring substituents is 1. The van der Waals surface area contributed by atoms with E-state index in [9.17, 15) is 14.9 Å². The van der Waals surface area contributed by atoms with Crippen LogP contribution in [-0.2, 0) is 6.61 Å². The van der Waals surface area contributed by atoms with Crippen molar-refractivity contribution in [1.82, 2.24) is 0 Å². The third kappa shape index (κ3) is 3.28. The van der Waals surface area contributed by atoms with Gasteiger partial charge in [-0.25, -0.2) is 0 Å². The van der Waals surface area contributed by atoms with Crippen molar-refractivity contribution in [1.29, 1.82) is 0 Å². The maximum Gasteiger partial charge on any atom is 0.283 e. The molecular formula is C15H12BrNO4. The lowest BCUT2D eigenvalue weighted by atomic mass is 10.1. The molecule has 0 amide bonds. The summed E-state index contributed by atoms with van der Waals surface area (Å²) in [7, 11) is 0. The molecule has 0 N–H and O–H groups in total. The number of nitrogens with zero attached hydrogens (tertiary/aromatic N) is 1. The van der Waals surface area contributed by atoms with Gasteiger partial charge in [-0.15, -0.1) is 0 Å². The summed E-state index contributed by atoms with van der Waals surface area (Å²) in [5, 5.41) is 10.9. The third-order valence-corrected chi connectivity index (χ3v) is 3.91. The minimum atomic E-state index is -0.460. The van der Waals surface area contributed by atoms with Gasteiger partial charge in [0.15, 0.2) is 6.29 Å². The number of carbonyl (C=O) groups is 1. The Labute approximate surface area is 129 Å². The Kier molecular flexibility index (Phi) is 4.70. The molecule has 0 bridgehead atoms. The van der Waals surface area contributed by atoms with Crippen LogP contribution in [0.5, 0.6) is 5.75 Å². The highest BCUT2D eigenvalue weighted by Gasteiger charge is 2.15. The topological polar surface area (TPSA) is 69.4 Å². The molecule has 0 aliphatic heterocycles. The summed E-state index contributed by atoms with van der Waals surface area (Å²) in [6.07, 6.45) is 0.727. The molecule has 2 rings (SSSR count). The zero-order valence-electron chi connectivity index (χ0n) is 11.2. The molecule has 0 aliphatic rings. The summed E-state index contributed by atoms with van der Waals surface area (Å²) in [5.74, 6) is 0.492. The number of carbonyl (C=O) groups excluding carboxylic acids is 1. The second-order valence-corrected chi connectivity index (χ2v) is 5.20. The first kappa shape index (κ1) is 15.2. The molecule has 0 radical (unpaired) electrons. The fourth-order valence-corrected chi connectivity index (χ4v) is 2.46. The van der Waals surface area contributed by atoms with Gasteiger partial charge in [-0.3, -0.25) is 14.9 Å². The molecular weight excluding hydrogens is 338 g/mol. The smallest absolute Gasteiger partial charge is 0.283 e. The van der Waals surface area contributed by atoms with Crippen molar-refractivity contribution in [2.75, 3.05) is 0 Å². The predicted molar refractivity (Wildman–Crippen MR) is 81.7 cm³/mol. The molecule has 0 saturated heterocycles. The van der Waals surface area contributed by atoms with Crippen molar-refractivity contribution in [3.8, 4) is 5.75 Å². The number of aldehydes is 1. The molecule has 0 saturated carbocycles. The fourth-order valence-electron chi connectivity index (χ4n) is 1.93. The van der Waals surface area contributed by atoms with Crippen LogP contribution in [0.1, 0.15) is 21.5 Å². The zero-order chi connectivity index (χ0) is 15.4. The Morgan fingerprint density at radius 2 is 2.00 bits per heavy atom. The van der Waals surface area contributed by atoms with Gasteiger partial charge in [0.1, 0.15) is 16.8 Å². The number of nitro groups is 1. The van der Waals surface area contributed by atoms with Crippen molar-refractivity contribution >= 4 is 27.9 Å². The highest BCUT2D eigenvalue weighted by Crippen LogP contribution is 2.30. The molecule has 0 fully saturated rings. The molecule has 108 valence electrons. The normalized spacial score (nSPS) is 10.2.